The highest BCUT2D eigenvalue weighted by molar-refractivity contribution is 5.88. The molecule has 2 aromatic heterocycles. The second-order valence-corrected chi connectivity index (χ2v) is 7.28. The van der Waals surface area contributed by atoms with Crippen LogP contribution in [0.5, 0.6) is 0 Å². The van der Waals surface area contributed by atoms with E-state index < -0.39 is 6.09 Å². The van der Waals surface area contributed by atoms with Gasteiger partial charge in [0.05, 0.1) is 42.3 Å². The molecule has 4 rings (SSSR count). The van der Waals surface area contributed by atoms with Gasteiger partial charge in [-0.15, -0.1) is 12.4 Å². The SMILES string of the molecule is COC(=O)N1CCCc2nc(Nc3cnc(C#N)c(NC4CCNCC4)c3)ncc21.Cl. The second kappa shape index (κ2) is 10.2. The largest absolute Gasteiger partial charge is 0.452 e. The van der Waals surface area contributed by atoms with Crippen LogP contribution in [0.2, 0.25) is 0 Å². The highest BCUT2D eigenvalue weighted by Gasteiger charge is 2.25. The number of carbonyl (C=O) groups is 1. The lowest BCUT2D eigenvalue weighted by Crippen LogP contribution is -2.36. The first-order chi connectivity index (χ1) is 14.7. The molecule has 0 saturated carbocycles. The number of nitrogens with zero attached hydrogens (tertiary/aromatic N) is 5. The van der Waals surface area contributed by atoms with Crippen molar-refractivity contribution in [2.45, 2.75) is 31.7 Å². The van der Waals surface area contributed by atoms with Gasteiger partial charge < -0.3 is 20.7 Å². The number of nitrogens with one attached hydrogen (secondary N) is 3. The van der Waals surface area contributed by atoms with Crippen molar-refractivity contribution in [1.29, 1.82) is 5.26 Å². The first-order valence-electron chi connectivity index (χ1n) is 10.0. The number of pyridine rings is 1. The monoisotopic (exact) mass is 444 g/mol. The molecular formula is C20H25ClN8O2. The minimum Gasteiger partial charge on any atom is -0.452 e. The van der Waals surface area contributed by atoms with Crippen LogP contribution in [0.4, 0.5) is 27.8 Å². The number of fused-ring (bicyclic) bond motifs is 1. The molecule has 2 aliphatic rings. The number of aryl methyl sites for hydroxylation is 1. The van der Waals surface area contributed by atoms with E-state index in [1.807, 2.05) is 6.07 Å². The Morgan fingerprint density at radius 2 is 2.13 bits per heavy atom. The van der Waals surface area contributed by atoms with E-state index in [1.54, 1.807) is 17.3 Å². The molecule has 164 valence electrons. The van der Waals surface area contributed by atoms with Crippen LogP contribution >= 0.6 is 12.4 Å². The maximum atomic E-state index is 12.0. The highest BCUT2D eigenvalue weighted by Crippen LogP contribution is 2.28. The van der Waals surface area contributed by atoms with Crippen molar-refractivity contribution in [3.8, 4) is 6.07 Å². The Balaban J connectivity index is 0.00000272. The van der Waals surface area contributed by atoms with E-state index in [1.165, 1.54) is 7.11 Å². The van der Waals surface area contributed by atoms with Gasteiger partial charge in [-0.25, -0.2) is 19.7 Å². The molecule has 1 fully saturated rings. The summed E-state index contributed by atoms with van der Waals surface area (Å²) in [6, 6.07) is 4.30. The molecule has 4 heterocycles. The molecule has 11 heteroatoms. The Morgan fingerprint density at radius 3 is 2.87 bits per heavy atom. The number of halogens is 1. The maximum Gasteiger partial charge on any atom is 0.414 e. The number of hydrogen-bond acceptors (Lipinski definition) is 9. The lowest BCUT2D eigenvalue weighted by molar-refractivity contribution is 0.178. The third-order valence-corrected chi connectivity index (χ3v) is 5.28. The molecule has 31 heavy (non-hydrogen) atoms. The summed E-state index contributed by atoms with van der Waals surface area (Å²) in [4.78, 5) is 26.7. The van der Waals surface area contributed by atoms with Gasteiger partial charge in [0.15, 0.2) is 5.69 Å². The third kappa shape index (κ3) is 5.13. The van der Waals surface area contributed by atoms with Crippen LogP contribution in [0, 0.1) is 11.3 Å². The van der Waals surface area contributed by atoms with Gasteiger partial charge >= 0.3 is 6.09 Å². The Hall–Kier alpha value is -3.16. The zero-order chi connectivity index (χ0) is 20.9. The Labute approximate surface area is 186 Å². The van der Waals surface area contributed by atoms with E-state index in [-0.39, 0.29) is 12.4 Å². The molecule has 0 spiro atoms. The van der Waals surface area contributed by atoms with E-state index in [2.05, 4.69) is 37.0 Å². The fourth-order valence-corrected chi connectivity index (χ4v) is 3.75. The molecule has 0 bridgehead atoms. The van der Waals surface area contributed by atoms with Gasteiger partial charge in [-0.05, 0) is 44.8 Å². The van der Waals surface area contributed by atoms with Gasteiger partial charge in [0.25, 0.3) is 0 Å². The number of anilines is 4. The minimum absolute atomic E-state index is 0. The lowest BCUT2D eigenvalue weighted by Gasteiger charge is -2.27. The highest BCUT2D eigenvalue weighted by atomic mass is 35.5. The van der Waals surface area contributed by atoms with E-state index in [9.17, 15) is 10.1 Å². The first-order valence-corrected chi connectivity index (χ1v) is 10.0. The van der Waals surface area contributed by atoms with Gasteiger partial charge in [0, 0.05) is 12.6 Å². The number of hydrogen-bond donors (Lipinski definition) is 3. The summed E-state index contributed by atoms with van der Waals surface area (Å²) < 4.78 is 4.84. The van der Waals surface area contributed by atoms with E-state index in [0.717, 1.165) is 44.5 Å². The molecule has 3 N–H and O–H groups in total. The topological polar surface area (TPSA) is 128 Å². The number of rotatable bonds is 4. The zero-order valence-corrected chi connectivity index (χ0v) is 18.0. The van der Waals surface area contributed by atoms with Crippen LogP contribution in [-0.2, 0) is 11.2 Å². The molecule has 0 radical (unpaired) electrons. The van der Waals surface area contributed by atoms with Gasteiger partial charge in [0.2, 0.25) is 5.95 Å². The van der Waals surface area contributed by atoms with Crippen molar-refractivity contribution in [2.24, 2.45) is 0 Å². The van der Waals surface area contributed by atoms with Crippen LogP contribution in [0.15, 0.2) is 18.5 Å². The number of ether oxygens (including phenoxy) is 1. The first kappa shape index (κ1) is 22.5. The summed E-state index contributed by atoms with van der Waals surface area (Å²) in [6.07, 6.45) is 6.36. The Morgan fingerprint density at radius 1 is 1.32 bits per heavy atom. The van der Waals surface area contributed by atoms with Crippen molar-refractivity contribution < 1.29 is 9.53 Å². The van der Waals surface area contributed by atoms with Gasteiger partial charge in [-0.3, -0.25) is 4.90 Å². The number of amides is 1. The zero-order valence-electron chi connectivity index (χ0n) is 17.2. The minimum atomic E-state index is -0.412. The molecule has 2 aliphatic heterocycles. The quantitative estimate of drug-likeness (QED) is 0.651. The lowest BCUT2D eigenvalue weighted by atomic mass is 10.1. The molecule has 10 nitrogen and oxygen atoms in total. The molecule has 1 saturated heterocycles. The summed E-state index contributed by atoms with van der Waals surface area (Å²) in [7, 11) is 1.36. The van der Waals surface area contributed by atoms with Crippen molar-refractivity contribution in [2.75, 3.05) is 42.3 Å². The molecule has 2 aromatic rings. The van der Waals surface area contributed by atoms with Gasteiger partial charge in [-0.1, -0.05) is 0 Å². The van der Waals surface area contributed by atoms with E-state index in [0.29, 0.717) is 41.3 Å². The molecule has 0 aliphatic carbocycles. The van der Waals surface area contributed by atoms with Crippen LogP contribution in [0.3, 0.4) is 0 Å². The standard InChI is InChI=1S/C20H24N8O2.ClH/c1-30-20(29)28-8-2-3-15-18(28)12-24-19(27-15)26-14-9-16(17(10-21)23-11-14)25-13-4-6-22-7-5-13;/h9,11-13,22,25H,2-8H2,1H3,(H,24,26,27);1H. The fourth-order valence-electron chi connectivity index (χ4n) is 3.75. The van der Waals surface area contributed by atoms with Crippen molar-refractivity contribution >= 4 is 41.5 Å². The molecule has 0 atom stereocenters. The molecule has 0 unspecified atom stereocenters. The predicted molar refractivity (Wildman–Crippen MR) is 119 cm³/mol. The molecule has 0 aromatic carbocycles. The summed E-state index contributed by atoms with van der Waals surface area (Å²) >= 11 is 0. The number of nitriles is 1. The smallest absolute Gasteiger partial charge is 0.414 e. The maximum absolute atomic E-state index is 12.0. The Bertz CT molecular complexity index is 974. The van der Waals surface area contributed by atoms with Crippen LogP contribution in [0.25, 0.3) is 0 Å². The van der Waals surface area contributed by atoms with E-state index >= 15 is 0 Å². The number of aromatic nitrogens is 3. The van der Waals surface area contributed by atoms with Crippen LogP contribution in [-0.4, -0.2) is 53.8 Å². The fraction of sp³-hybridized carbons (Fsp3) is 0.450. The van der Waals surface area contributed by atoms with Crippen molar-refractivity contribution in [3.63, 3.8) is 0 Å². The molecular weight excluding hydrogens is 420 g/mol. The normalized spacial score (nSPS) is 15.8. The number of carbonyl (C=O) groups excluding carboxylic acids is 1. The predicted octanol–water partition coefficient (Wildman–Crippen LogP) is 2.59. The van der Waals surface area contributed by atoms with Gasteiger partial charge in [-0.2, -0.15) is 5.26 Å². The van der Waals surface area contributed by atoms with Crippen LogP contribution < -0.4 is 20.9 Å². The van der Waals surface area contributed by atoms with E-state index in [4.69, 9.17) is 4.74 Å². The number of methoxy groups -OCH3 is 1. The second-order valence-electron chi connectivity index (χ2n) is 7.28. The van der Waals surface area contributed by atoms with Crippen LogP contribution in [0.1, 0.15) is 30.7 Å². The Kier molecular flexibility index (Phi) is 7.44. The average molecular weight is 445 g/mol. The summed E-state index contributed by atoms with van der Waals surface area (Å²) in [5.74, 6) is 0.416. The van der Waals surface area contributed by atoms with Gasteiger partial charge in [0.1, 0.15) is 6.07 Å². The third-order valence-electron chi connectivity index (χ3n) is 5.28. The van der Waals surface area contributed by atoms with Crippen molar-refractivity contribution in [1.82, 2.24) is 20.3 Å². The summed E-state index contributed by atoms with van der Waals surface area (Å²) in [5.41, 5.74) is 3.21. The summed E-state index contributed by atoms with van der Waals surface area (Å²) in [6.45, 7) is 2.49. The number of piperidine rings is 1. The van der Waals surface area contributed by atoms with Crippen molar-refractivity contribution in [3.05, 3.63) is 29.8 Å². The summed E-state index contributed by atoms with van der Waals surface area (Å²) in [5, 5.41) is 19.3. The molecule has 1 amide bonds. The average Bonchev–Trinajstić information content (AvgIpc) is 2.79.